The van der Waals surface area contributed by atoms with Crippen molar-refractivity contribution in [2.24, 2.45) is 0 Å². The molecule has 3 aromatic rings. The Morgan fingerprint density at radius 3 is 2.23 bits per heavy atom. The van der Waals surface area contributed by atoms with Crippen LogP contribution >= 0.6 is 11.6 Å². The normalized spacial score (nSPS) is 12.0. The van der Waals surface area contributed by atoms with E-state index in [2.05, 4.69) is 5.32 Å². The molecule has 0 aliphatic carbocycles. The highest BCUT2D eigenvalue weighted by atomic mass is 35.5. The summed E-state index contributed by atoms with van der Waals surface area (Å²) in [4.78, 5) is 28.4. The molecule has 2 amide bonds. The number of hydrogen-bond donors (Lipinski definition) is 1. The highest BCUT2D eigenvalue weighted by molar-refractivity contribution is 7.92. The van der Waals surface area contributed by atoms with Gasteiger partial charge in [-0.2, -0.15) is 0 Å². The summed E-state index contributed by atoms with van der Waals surface area (Å²) in [5.41, 5.74) is 0.794. The van der Waals surface area contributed by atoms with Gasteiger partial charge in [-0.25, -0.2) is 8.42 Å². The first kappa shape index (κ1) is 30.8. The van der Waals surface area contributed by atoms with Crippen molar-refractivity contribution in [3.63, 3.8) is 0 Å². The van der Waals surface area contributed by atoms with Crippen LogP contribution in [0.2, 0.25) is 5.02 Å². The first-order valence-electron chi connectivity index (χ1n) is 12.6. The van der Waals surface area contributed by atoms with Crippen LogP contribution in [0.15, 0.2) is 77.7 Å². The van der Waals surface area contributed by atoms with Gasteiger partial charge in [0.1, 0.15) is 24.1 Å². The summed E-state index contributed by atoms with van der Waals surface area (Å²) in [5.74, 6) is -0.380. The summed E-state index contributed by atoms with van der Waals surface area (Å²) in [5, 5.41) is 3.29. The van der Waals surface area contributed by atoms with Gasteiger partial charge in [-0.1, -0.05) is 41.9 Å². The van der Waals surface area contributed by atoms with Gasteiger partial charge in [0.05, 0.1) is 24.8 Å². The zero-order chi connectivity index (χ0) is 29.4. The molecule has 0 saturated carbocycles. The van der Waals surface area contributed by atoms with E-state index in [4.69, 9.17) is 21.1 Å². The molecule has 0 aliphatic heterocycles. The number of amides is 2. The largest absolute Gasteiger partial charge is 0.497 e. The number of benzene rings is 3. The fraction of sp³-hybridized carbons (Fsp3) is 0.310. The average Bonchev–Trinajstić information content (AvgIpc) is 2.93. The van der Waals surface area contributed by atoms with E-state index >= 15 is 0 Å². The SMILES string of the molecule is COc1ccc(OC)c(N(CC(=O)N(Cc2cccc(Cl)c2)[C@@H](C)C(=O)NC(C)C)S(=O)(=O)c2ccccc2)c1. The van der Waals surface area contributed by atoms with Crippen LogP contribution < -0.4 is 19.1 Å². The van der Waals surface area contributed by atoms with E-state index in [1.165, 1.54) is 37.3 Å². The van der Waals surface area contributed by atoms with Crippen LogP contribution in [0.3, 0.4) is 0 Å². The van der Waals surface area contributed by atoms with Crippen LogP contribution in [0.4, 0.5) is 5.69 Å². The van der Waals surface area contributed by atoms with Crippen molar-refractivity contribution < 1.29 is 27.5 Å². The second-order valence-corrected chi connectivity index (χ2v) is 11.7. The first-order valence-corrected chi connectivity index (χ1v) is 14.4. The minimum Gasteiger partial charge on any atom is -0.497 e. The fourth-order valence-corrected chi connectivity index (χ4v) is 5.69. The van der Waals surface area contributed by atoms with E-state index in [0.29, 0.717) is 16.3 Å². The summed E-state index contributed by atoms with van der Waals surface area (Å²) in [6.07, 6.45) is 0. The number of halogens is 1. The molecule has 1 N–H and O–H groups in total. The van der Waals surface area contributed by atoms with E-state index < -0.39 is 28.5 Å². The van der Waals surface area contributed by atoms with Crippen molar-refractivity contribution in [1.82, 2.24) is 10.2 Å². The molecule has 0 aliphatic rings. The maximum absolute atomic E-state index is 14.0. The molecule has 0 heterocycles. The predicted octanol–water partition coefficient (Wildman–Crippen LogP) is 4.49. The Balaban J connectivity index is 2.11. The molecule has 0 spiro atoms. The number of nitrogens with zero attached hydrogens (tertiary/aromatic N) is 2. The van der Waals surface area contributed by atoms with E-state index in [-0.39, 0.29) is 34.8 Å². The third kappa shape index (κ3) is 7.45. The summed E-state index contributed by atoms with van der Waals surface area (Å²) >= 11 is 6.18. The molecule has 40 heavy (non-hydrogen) atoms. The van der Waals surface area contributed by atoms with Crippen LogP contribution in [0.25, 0.3) is 0 Å². The van der Waals surface area contributed by atoms with Crippen molar-refractivity contribution in [1.29, 1.82) is 0 Å². The lowest BCUT2D eigenvalue weighted by Gasteiger charge is -2.32. The number of carbonyl (C=O) groups excluding carboxylic acids is 2. The Kier molecular flexibility index (Phi) is 10.4. The second-order valence-electron chi connectivity index (χ2n) is 9.35. The molecule has 214 valence electrons. The van der Waals surface area contributed by atoms with Gasteiger partial charge in [-0.3, -0.25) is 13.9 Å². The summed E-state index contributed by atoms with van der Waals surface area (Å²) in [6, 6.07) is 18.3. The van der Waals surface area contributed by atoms with Crippen molar-refractivity contribution in [3.8, 4) is 11.5 Å². The molecule has 0 fully saturated rings. The molecule has 11 heteroatoms. The smallest absolute Gasteiger partial charge is 0.264 e. The van der Waals surface area contributed by atoms with E-state index in [1.54, 1.807) is 61.5 Å². The van der Waals surface area contributed by atoms with Crippen molar-refractivity contribution in [2.45, 2.75) is 44.3 Å². The van der Waals surface area contributed by atoms with E-state index in [0.717, 1.165) is 4.31 Å². The Morgan fingerprint density at radius 2 is 1.62 bits per heavy atom. The Hall–Kier alpha value is -3.76. The van der Waals surface area contributed by atoms with Crippen molar-refractivity contribution in [2.75, 3.05) is 25.1 Å². The fourth-order valence-electron chi connectivity index (χ4n) is 4.04. The Bertz CT molecular complexity index is 1430. The predicted molar refractivity (Wildman–Crippen MR) is 155 cm³/mol. The standard InChI is InChI=1S/C29H34ClN3O6S/c1-20(2)31-29(35)21(3)32(18-22-10-9-11-23(30)16-22)28(34)19-33(40(36,37)25-12-7-6-8-13-25)26-17-24(38-4)14-15-27(26)39-5/h6-17,20-21H,18-19H2,1-5H3,(H,31,35)/t21-/m0/s1. The lowest BCUT2D eigenvalue weighted by molar-refractivity contribution is -0.139. The molecule has 0 radical (unpaired) electrons. The molecule has 3 aromatic carbocycles. The molecular weight excluding hydrogens is 554 g/mol. The monoisotopic (exact) mass is 587 g/mol. The Morgan fingerprint density at radius 1 is 0.925 bits per heavy atom. The lowest BCUT2D eigenvalue weighted by Crippen LogP contribution is -2.52. The number of methoxy groups -OCH3 is 2. The summed E-state index contributed by atoms with van der Waals surface area (Å²) in [7, 11) is -1.40. The van der Waals surface area contributed by atoms with Crippen molar-refractivity contribution in [3.05, 3.63) is 83.4 Å². The number of sulfonamides is 1. The third-order valence-electron chi connectivity index (χ3n) is 6.10. The number of rotatable bonds is 12. The van der Waals surface area contributed by atoms with Crippen molar-refractivity contribution >= 4 is 39.1 Å². The minimum atomic E-state index is -4.26. The van der Waals surface area contributed by atoms with Gasteiger partial charge < -0.3 is 19.7 Å². The first-order chi connectivity index (χ1) is 19.0. The van der Waals surface area contributed by atoms with Crippen LogP contribution in [0, 0.1) is 0 Å². The molecule has 0 bridgehead atoms. The minimum absolute atomic E-state index is 0.0142. The van der Waals surface area contributed by atoms with Crippen LogP contribution in [0.1, 0.15) is 26.3 Å². The Labute approximate surface area is 240 Å². The quantitative estimate of drug-likeness (QED) is 0.335. The highest BCUT2D eigenvalue weighted by Crippen LogP contribution is 2.36. The van der Waals surface area contributed by atoms with Gasteiger partial charge in [0, 0.05) is 23.7 Å². The van der Waals surface area contributed by atoms with Crippen LogP contribution in [0.5, 0.6) is 11.5 Å². The topological polar surface area (TPSA) is 105 Å². The number of carbonyl (C=O) groups is 2. The lowest BCUT2D eigenvalue weighted by atomic mass is 10.1. The maximum atomic E-state index is 14.0. The van der Waals surface area contributed by atoms with Gasteiger partial charge in [0.15, 0.2) is 0 Å². The van der Waals surface area contributed by atoms with Gasteiger partial charge in [-0.05, 0) is 62.7 Å². The zero-order valence-electron chi connectivity index (χ0n) is 23.1. The van der Waals surface area contributed by atoms with Crippen LogP contribution in [-0.2, 0) is 26.2 Å². The van der Waals surface area contributed by atoms with Gasteiger partial charge >= 0.3 is 0 Å². The molecule has 9 nitrogen and oxygen atoms in total. The molecule has 0 saturated heterocycles. The van der Waals surface area contributed by atoms with Crippen LogP contribution in [-0.4, -0.2) is 58.0 Å². The number of ether oxygens (including phenoxy) is 2. The molecule has 0 aromatic heterocycles. The number of anilines is 1. The number of nitrogens with one attached hydrogen (secondary N) is 1. The summed E-state index contributed by atoms with van der Waals surface area (Å²) < 4.78 is 39.7. The van der Waals surface area contributed by atoms with E-state index in [1.807, 2.05) is 13.8 Å². The molecule has 0 unspecified atom stereocenters. The molecule has 3 rings (SSSR count). The maximum Gasteiger partial charge on any atom is 0.264 e. The average molecular weight is 588 g/mol. The molecule has 1 atom stereocenters. The second kappa shape index (κ2) is 13.5. The zero-order valence-corrected chi connectivity index (χ0v) is 24.7. The van der Waals surface area contributed by atoms with Gasteiger partial charge in [0.2, 0.25) is 11.8 Å². The molecular formula is C29H34ClN3O6S. The number of hydrogen-bond acceptors (Lipinski definition) is 6. The van der Waals surface area contributed by atoms with Gasteiger partial charge in [-0.15, -0.1) is 0 Å². The summed E-state index contributed by atoms with van der Waals surface area (Å²) in [6.45, 7) is 4.65. The third-order valence-corrected chi connectivity index (χ3v) is 8.11. The van der Waals surface area contributed by atoms with Gasteiger partial charge in [0.25, 0.3) is 10.0 Å². The highest BCUT2D eigenvalue weighted by Gasteiger charge is 2.34. The van der Waals surface area contributed by atoms with E-state index in [9.17, 15) is 18.0 Å².